The normalized spacial score (nSPS) is 15.4. The first-order valence-electron chi connectivity index (χ1n) is 8.95. The number of Topliss-reactive ketones (excluding diaryl/α,β-unsaturated/α-hetero) is 1. The number of carbonyl (C=O) groups is 3. The van der Waals surface area contributed by atoms with Crippen molar-refractivity contribution in [3.63, 3.8) is 0 Å². The summed E-state index contributed by atoms with van der Waals surface area (Å²) in [5.41, 5.74) is 1.98. The maximum atomic E-state index is 13.1. The van der Waals surface area contributed by atoms with Crippen LogP contribution in [0.5, 0.6) is 0 Å². The molecule has 0 saturated heterocycles. The van der Waals surface area contributed by atoms with Crippen LogP contribution >= 0.6 is 0 Å². The molecule has 1 fully saturated rings. The van der Waals surface area contributed by atoms with Gasteiger partial charge in [-0.25, -0.2) is 4.79 Å². The Bertz CT molecular complexity index is 673. The zero-order valence-electron chi connectivity index (χ0n) is 15.8. The van der Waals surface area contributed by atoms with Gasteiger partial charge in [-0.15, -0.1) is 0 Å². The third kappa shape index (κ3) is 3.62. The van der Waals surface area contributed by atoms with Crippen molar-refractivity contribution in [2.24, 2.45) is 5.92 Å². The molecule has 1 aliphatic carbocycles. The average molecular weight is 348 g/mol. The molecule has 0 unspecified atom stereocenters. The number of nitrogens with zero attached hydrogens (tertiary/aromatic N) is 1. The molecule has 6 heteroatoms. The topological polar surface area (TPSA) is 79.5 Å². The minimum atomic E-state index is -0.549. The van der Waals surface area contributed by atoms with Crippen LogP contribution in [0.2, 0.25) is 0 Å². The van der Waals surface area contributed by atoms with Gasteiger partial charge in [-0.1, -0.05) is 13.3 Å². The molecule has 2 rings (SSSR count). The number of methoxy groups -OCH3 is 1. The first-order chi connectivity index (χ1) is 11.8. The number of carbonyl (C=O) groups excluding carboxylic acids is 3. The summed E-state index contributed by atoms with van der Waals surface area (Å²) in [7, 11) is 1.31. The molecular formula is C19H28N2O4. The molecule has 1 aliphatic rings. The molecule has 6 nitrogen and oxygen atoms in total. The Labute approximate surface area is 148 Å². The van der Waals surface area contributed by atoms with Gasteiger partial charge in [0, 0.05) is 23.7 Å². The van der Waals surface area contributed by atoms with E-state index in [4.69, 9.17) is 4.74 Å². The molecule has 0 aliphatic heterocycles. The lowest BCUT2D eigenvalue weighted by Gasteiger charge is -2.35. The van der Waals surface area contributed by atoms with Gasteiger partial charge in [0.15, 0.2) is 5.78 Å². The number of esters is 1. The van der Waals surface area contributed by atoms with E-state index >= 15 is 0 Å². The van der Waals surface area contributed by atoms with E-state index < -0.39 is 12.0 Å². The molecule has 1 aromatic rings. The molecule has 0 radical (unpaired) electrons. The van der Waals surface area contributed by atoms with Crippen LogP contribution in [0, 0.1) is 19.8 Å². The van der Waals surface area contributed by atoms with Crippen molar-refractivity contribution in [2.75, 3.05) is 13.7 Å². The van der Waals surface area contributed by atoms with E-state index in [1.807, 2.05) is 6.92 Å². The largest absolute Gasteiger partial charge is 0.464 e. The molecule has 1 atom stereocenters. The number of aryl methyl sites for hydroxylation is 1. The Morgan fingerprint density at radius 2 is 1.92 bits per heavy atom. The predicted molar refractivity (Wildman–Crippen MR) is 94.7 cm³/mol. The Morgan fingerprint density at radius 1 is 1.28 bits per heavy atom. The molecule has 1 N–H and O–H groups in total. The van der Waals surface area contributed by atoms with Gasteiger partial charge in [0.2, 0.25) is 5.91 Å². The van der Waals surface area contributed by atoms with E-state index in [2.05, 4.69) is 4.98 Å². The zero-order valence-corrected chi connectivity index (χ0v) is 15.8. The number of hydrogen-bond acceptors (Lipinski definition) is 4. The monoisotopic (exact) mass is 348 g/mol. The Balaban J connectivity index is 2.29. The fourth-order valence-electron chi connectivity index (χ4n) is 3.40. The second-order valence-corrected chi connectivity index (χ2v) is 6.82. The van der Waals surface area contributed by atoms with Crippen LogP contribution in [-0.2, 0) is 9.53 Å². The van der Waals surface area contributed by atoms with Crippen molar-refractivity contribution in [3.05, 3.63) is 22.5 Å². The van der Waals surface area contributed by atoms with Crippen molar-refractivity contribution in [1.29, 1.82) is 0 Å². The highest BCUT2D eigenvalue weighted by Gasteiger charge is 2.35. The highest BCUT2D eigenvalue weighted by molar-refractivity contribution is 6.06. The molecule has 0 spiro atoms. The Hall–Kier alpha value is -2.11. The highest BCUT2D eigenvalue weighted by atomic mass is 16.5. The number of aromatic nitrogens is 1. The third-order valence-electron chi connectivity index (χ3n) is 5.12. The summed E-state index contributed by atoms with van der Waals surface area (Å²) in [6.07, 6.45) is 3.70. The zero-order chi connectivity index (χ0) is 18.7. The summed E-state index contributed by atoms with van der Waals surface area (Å²) in [6.45, 7) is 7.83. The molecule has 0 aromatic carbocycles. The molecule has 1 amide bonds. The van der Waals surface area contributed by atoms with Crippen LogP contribution in [0.15, 0.2) is 0 Å². The Kier molecular flexibility index (Phi) is 6.03. The molecule has 138 valence electrons. The quantitative estimate of drug-likeness (QED) is 0.607. The molecule has 1 aromatic heterocycles. The Morgan fingerprint density at radius 3 is 2.40 bits per heavy atom. The second-order valence-electron chi connectivity index (χ2n) is 6.82. The number of rotatable bonds is 7. The van der Waals surface area contributed by atoms with Crippen LogP contribution in [0.3, 0.4) is 0 Å². The van der Waals surface area contributed by atoms with Crippen molar-refractivity contribution >= 4 is 17.7 Å². The third-order valence-corrected chi connectivity index (χ3v) is 5.12. The summed E-state index contributed by atoms with van der Waals surface area (Å²) < 4.78 is 4.76. The maximum Gasteiger partial charge on any atom is 0.354 e. The SMILES string of the molecule is CCCN(C(=O)C1CCC1)[C@H](C)C(=O)c1c(C)[nH]c(C(=O)OC)c1C. The van der Waals surface area contributed by atoms with Crippen molar-refractivity contribution in [1.82, 2.24) is 9.88 Å². The number of H-pyrrole nitrogens is 1. The molecule has 25 heavy (non-hydrogen) atoms. The first kappa shape index (κ1) is 19.2. The lowest BCUT2D eigenvalue weighted by atomic mass is 9.83. The molecular weight excluding hydrogens is 320 g/mol. The lowest BCUT2D eigenvalue weighted by Crippen LogP contribution is -2.47. The van der Waals surface area contributed by atoms with Crippen LogP contribution in [0.25, 0.3) is 0 Å². The maximum absolute atomic E-state index is 13.1. The number of ketones is 1. The smallest absolute Gasteiger partial charge is 0.354 e. The molecule has 1 saturated carbocycles. The number of hydrogen-bond donors (Lipinski definition) is 1. The molecule has 0 bridgehead atoms. The predicted octanol–water partition coefficient (Wildman–Crippen LogP) is 3.03. The second kappa shape index (κ2) is 7.85. The van der Waals surface area contributed by atoms with Gasteiger partial charge < -0.3 is 14.6 Å². The van der Waals surface area contributed by atoms with Crippen molar-refractivity contribution < 1.29 is 19.1 Å². The first-order valence-corrected chi connectivity index (χ1v) is 8.95. The van der Waals surface area contributed by atoms with Crippen LogP contribution < -0.4 is 0 Å². The lowest BCUT2D eigenvalue weighted by molar-refractivity contribution is -0.139. The minimum Gasteiger partial charge on any atom is -0.464 e. The van der Waals surface area contributed by atoms with Gasteiger partial charge in [0.1, 0.15) is 5.69 Å². The summed E-state index contributed by atoms with van der Waals surface area (Å²) in [5.74, 6) is -0.500. The number of ether oxygens (including phenoxy) is 1. The van der Waals surface area contributed by atoms with Crippen LogP contribution in [0.1, 0.15) is 71.6 Å². The number of nitrogens with one attached hydrogen (secondary N) is 1. The van der Waals surface area contributed by atoms with Gasteiger partial charge in [-0.05, 0) is 45.6 Å². The summed E-state index contributed by atoms with van der Waals surface area (Å²) >= 11 is 0. The van der Waals surface area contributed by atoms with E-state index in [0.717, 1.165) is 25.7 Å². The average Bonchev–Trinajstić information content (AvgIpc) is 2.83. The van der Waals surface area contributed by atoms with E-state index in [-0.39, 0.29) is 17.6 Å². The fraction of sp³-hybridized carbons (Fsp3) is 0.632. The van der Waals surface area contributed by atoms with Gasteiger partial charge in [0.25, 0.3) is 0 Å². The standard InChI is InChI=1S/C19H28N2O4/c1-6-10-21(18(23)14-8-7-9-14)13(4)17(22)15-11(2)16(19(24)25-5)20-12(15)3/h13-14,20H,6-10H2,1-5H3/t13-/m1/s1. The summed E-state index contributed by atoms with van der Waals surface area (Å²) in [5, 5.41) is 0. The van der Waals surface area contributed by atoms with Gasteiger partial charge >= 0.3 is 5.97 Å². The summed E-state index contributed by atoms with van der Waals surface area (Å²) in [6, 6.07) is -0.549. The minimum absolute atomic E-state index is 0.0563. The van der Waals surface area contributed by atoms with E-state index in [1.54, 1.807) is 25.7 Å². The van der Waals surface area contributed by atoms with Crippen LogP contribution in [0.4, 0.5) is 0 Å². The van der Waals surface area contributed by atoms with Crippen molar-refractivity contribution in [3.8, 4) is 0 Å². The highest BCUT2D eigenvalue weighted by Crippen LogP contribution is 2.30. The van der Waals surface area contributed by atoms with Gasteiger partial charge in [-0.2, -0.15) is 0 Å². The van der Waals surface area contributed by atoms with Gasteiger partial charge in [0.05, 0.1) is 13.2 Å². The van der Waals surface area contributed by atoms with Gasteiger partial charge in [-0.3, -0.25) is 9.59 Å². The van der Waals surface area contributed by atoms with E-state index in [1.165, 1.54) is 7.11 Å². The summed E-state index contributed by atoms with van der Waals surface area (Å²) in [4.78, 5) is 42.3. The van der Waals surface area contributed by atoms with E-state index in [0.29, 0.717) is 29.1 Å². The number of amides is 1. The van der Waals surface area contributed by atoms with Crippen LogP contribution in [-0.4, -0.2) is 47.2 Å². The van der Waals surface area contributed by atoms with E-state index in [9.17, 15) is 14.4 Å². The molecule has 1 heterocycles. The van der Waals surface area contributed by atoms with Crippen molar-refractivity contribution in [2.45, 2.75) is 59.4 Å². The number of aromatic amines is 1. The fourth-order valence-corrected chi connectivity index (χ4v) is 3.40.